The number of carbonyl (C=O) groups excluding carboxylic acids is 1. The minimum Gasteiger partial charge on any atom is -0.326 e. The first-order valence-electron chi connectivity index (χ1n) is 5.64. The van der Waals surface area contributed by atoms with Crippen molar-refractivity contribution in [2.45, 2.75) is 37.9 Å². The van der Waals surface area contributed by atoms with Crippen LogP contribution in [0.15, 0.2) is 24.3 Å². The summed E-state index contributed by atoms with van der Waals surface area (Å²) in [5, 5.41) is 2.87. The first-order valence-corrected chi connectivity index (χ1v) is 6.56. The second kappa shape index (κ2) is 6.69. The van der Waals surface area contributed by atoms with E-state index in [4.69, 9.17) is 0 Å². The molecule has 0 aliphatic heterocycles. The fraction of sp³-hybridized carbons (Fsp3) is 0.462. The van der Waals surface area contributed by atoms with Gasteiger partial charge in [0.15, 0.2) is 0 Å². The van der Waals surface area contributed by atoms with Gasteiger partial charge in [-0.25, -0.2) is 0 Å². The minimum absolute atomic E-state index is 0.0871. The second-order valence-electron chi connectivity index (χ2n) is 3.98. The Morgan fingerprint density at radius 2 is 2.00 bits per heavy atom. The molecule has 0 bridgehead atoms. The summed E-state index contributed by atoms with van der Waals surface area (Å²) >= 11 is 3.52. The van der Waals surface area contributed by atoms with E-state index in [1.54, 1.807) is 0 Å². The van der Waals surface area contributed by atoms with Crippen LogP contribution in [0.2, 0.25) is 0 Å². The molecule has 3 heteroatoms. The molecule has 1 unspecified atom stereocenters. The Morgan fingerprint density at radius 1 is 1.38 bits per heavy atom. The number of hydrogen-bond donors (Lipinski definition) is 1. The van der Waals surface area contributed by atoms with Crippen molar-refractivity contribution in [2.24, 2.45) is 0 Å². The number of anilines is 1. The van der Waals surface area contributed by atoms with E-state index >= 15 is 0 Å². The molecule has 0 spiro atoms. The van der Waals surface area contributed by atoms with Crippen LogP contribution < -0.4 is 5.32 Å². The summed E-state index contributed by atoms with van der Waals surface area (Å²) in [6, 6.07) is 8.02. The van der Waals surface area contributed by atoms with E-state index in [-0.39, 0.29) is 5.91 Å². The maximum absolute atomic E-state index is 11.4. The monoisotopic (exact) mass is 283 g/mol. The van der Waals surface area contributed by atoms with Crippen LogP contribution in [0.1, 0.15) is 32.3 Å². The van der Waals surface area contributed by atoms with Crippen molar-refractivity contribution < 1.29 is 4.79 Å². The van der Waals surface area contributed by atoms with Crippen LogP contribution in [0.5, 0.6) is 0 Å². The number of halogens is 1. The molecule has 2 nitrogen and oxygen atoms in total. The fourth-order valence-electron chi connectivity index (χ4n) is 1.50. The Balaban J connectivity index is 2.54. The SMILES string of the molecule is CCCC(=O)Nc1ccc(CC(C)Br)cc1. The molecule has 1 amide bonds. The molecule has 1 aromatic carbocycles. The van der Waals surface area contributed by atoms with Gasteiger partial charge in [0.1, 0.15) is 0 Å². The van der Waals surface area contributed by atoms with Crippen LogP contribution in [-0.4, -0.2) is 10.7 Å². The minimum atomic E-state index is 0.0871. The molecule has 0 radical (unpaired) electrons. The molecule has 0 aliphatic carbocycles. The zero-order valence-corrected chi connectivity index (χ0v) is 11.4. The van der Waals surface area contributed by atoms with Crippen LogP contribution in [-0.2, 0) is 11.2 Å². The topological polar surface area (TPSA) is 29.1 Å². The largest absolute Gasteiger partial charge is 0.326 e. The lowest BCUT2D eigenvalue weighted by molar-refractivity contribution is -0.116. The first kappa shape index (κ1) is 13.2. The Labute approximate surface area is 106 Å². The molecule has 1 rings (SSSR count). The standard InChI is InChI=1S/C13H18BrNO/c1-3-4-13(16)15-12-7-5-11(6-8-12)9-10(2)14/h5-8,10H,3-4,9H2,1-2H3,(H,15,16). The summed E-state index contributed by atoms with van der Waals surface area (Å²) < 4.78 is 0. The van der Waals surface area contributed by atoms with Crippen LogP contribution in [0, 0.1) is 0 Å². The Morgan fingerprint density at radius 3 is 2.50 bits per heavy atom. The van der Waals surface area contributed by atoms with Gasteiger partial charge in [-0.3, -0.25) is 4.79 Å². The Kier molecular flexibility index (Phi) is 5.53. The first-order chi connectivity index (χ1) is 7.61. The fourth-order valence-corrected chi connectivity index (χ4v) is 1.87. The molecule has 1 atom stereocenters. The van der Waals surface area contributed by atoms with E-state index in [1.165, 1.54) is 5.56 Å². The number of rotatable bonds is 5. The summed E-state index contributed by atoms with van der Waals surface area (Å²) in [6.07, 6.45) is 2.47. The maximum Gasteiger partial charge on any atom is 0.224 e. The molecule has 0 aromatic heterocycles. The lowest BCUT2D eigenvalue weighted by Crippen LogP contribution is -2.10. The van der Waals surface area contributed by atoms with Crippen molar-refractivity contribution in [3.63, 3.8) is 0 Å². The third kappa shape index (κ3) is 4.79. The van der Waals surface area contributed by atoms with E-state index in [0.717, 1.165) is 18.5 Å². The lowest BCUT2D eigenvalue weighted by Gasteiger charge is -2.07. The van der Waals surface area contributed by atoms with Gasteiger partial charge in [-0.2, -0.15) is 0 Å². The summed E-state index contributed by atoms with van der Waals surface area (Å²) in [4.78, 5) is 11.8. The zero-order valence-electron chi connectivity index (χ0n) is 9.79. The molecular formula is C13H18BrNO. The smallest absolute Gasteiger partial charge is 0.224 e. The molecule has 16 heavy (non-hydrogen) atoms. The van der Waals surface area contributed by atoms with Gasteiger partial charge in [-0.05, 0) is 30.5 Å². The molecule has 0 heterocycles. The molecule has 1 aromatic rings. The second-order valence-corrected chi connectivity index (χ2v) is 5.54. The van der Waals surface area contributed by atoms with Crippen molar-refractivity contribution in [1.29, 1.82) is 0 Å². The molecule has 0 fully saturated rings. The van der Waals surface area contributed by atoms with Crippen molar-refractivity contribution in [3.8, 4) is 0 Å². The van der Waals surface area contributed by atoms with Gasteiger partial charge in [0, 0.05) is 16.9 Å². The predicted molar refractivity (Wildman–Crippen MR) is 72.1 cm³/mol. The van der Waals surface area contributed by atoms with Gasteiger partial charge in [0.25, 0.3) is 0 Å². The average molecular weight is 284 g/mol. The highest BCUT2D eigenvalue weighted by molar-refractivity contribution is 9.09. The van der Waals surface area contributed by atoms with Gasteiger partial charge in [0.05, 0.1) is 0 Å². The maximum atomic E-state index is 11.4. The quantitative estimate of drug-likeness (QED) is 0.820. The number of amides is 1. The van der Waals surface area contributed by atoms with Crippen LogP contribution in [0.4, 0.5) is 5.69 Å². The molecule has 0 aliphatic rings. The van der Waals surface area contributed by atoms with Gasteiger partial charge in [-0.15, -0.1) is 0 Å². The third-order valence-corrected chi connectivity index (χ3v) is 2.56. The van der Waals surface area contributed by atoms with Crippen LogP contribution in [0.25, 0.3) is 0 Å². The predicted octanol–water partition coefficient (Wildman–Crippen LogP) is 3.75. The van der Waals surface area contributed by atoms with Crippen molar-refractivity contribution in [1.82, 2.24) is 0 Å². The van der Waals surface area contributed by atoms with Gasteiger partial charge in [-0.1, -0.05) is 41.9 Å². The summed E-state index contributed by atoms with van der Waals surface area (Å²) in [5.74, 6) is 0.0871. The van der Waals surface area contributed by atoms with E-state index in [9.17, 15) is 4.79 Å². The molecule has 88 valence electrons. The highest BCUT2D eigenvalue weighted by atomic mass is 79.9. The van der Waals surface area contributed by atoms with Crippen LogP contribution >= 0.6 is 15.9 Å². The van der Waals surface area contributed by atoms with E-state index < -0.39 is 0 Å². The molecule has 1 N–H and O–H groups in total. The number of carbonyl (C=O) groups is 1. The highest BCUT2D eigenvalue weighted by Gasteiger charge is 2.02. The number of hydrogen-bond acceptors (Lipinski definition) is 1. The number of benzene rings is 1. The van der Waals surface area contributed by atoms with Crippen molar-refractivity contribution in [3.05, 3.63) is 29.8 Å². The van der Waals surface area contributed by atoms with Crippen LogP contribution in [0.3, 0.4) is 0 Å². The zero-order chi connectivity index (χ0) is 12.0. The van der Waals surface area contributed by atoms with Gasteiger partial charge in [0.2, 0.25) is 5.91 Å². The van der Waals surface area contributed by atoms with Crippen molar-refractivity contribution >= 4 is 27.5 Å². The normalized spacial score (nSPS) is 12.2. The third-order valence-electron chi connectivity index (χ3n) is 2.23. The molecule has 0 saturated heterocycles. The lowest BCUT2D eigenvalue weighted by atomic mass is 10.1. The highest BCUT2D eigenvalue weighted by Crippen LogP contribution is 2.14. The Bertz CT molecular complexity index is 332. The average Bonchev–Trinajstić information content (AvgIpc) is 2.20. The van der Waals surface area contributed by atoms with Gasteiger partial charge >= 0.3 is 0 Å². The number of alkyl halides is 1. The van der Waals surface area contributed by atoms with E-state index in [1.807, 2.05) is 19.1 Å². The Hall–Kier alpha value is -0.830. The molecule has 0 saturated carbocycles. The number of nitrogens with one attached hydrogen (secondary N) is 1. The summed E-state index contributed by atoms with van der Waals surface area (Å²) in [6.45, 7) is 4.12. The summed E-state index contributed by atoms with van der Waals surface area (Å²) in [7, 11) is 0. The molecular weight excluding hydrogens is 266 g/mol. The van der Waals surface area contributed by atoms with E-state index in [0.29, 0.717) is 11.2 Å². The van der Waals surface area contributed by atoms with E-state index in [2.05, 4.69) is 40.3 Å². The summed E-state index contributed by atoms with van der Waals surface area (Å²) in [5.41, 5.74) is 2.15. The van der Waals surface area contributed by atoms with Gasteiger partial charge < -0.3 is 5.32 Å². The van der Waals surface area contributed by atoms with Crippen molar-refractivity contribution in [2.75, 3.05) is 5.32 Å².